The van der Waals surface area contributed by atoms with Crippen LogP contribution in [0.15, 0.2) is 53.7 Å². The van der Waals surface area contributed by atoms with E-state index in [1.165, 1.54) is 0 Å². The number of benzene rings is 1. The molecule has 0 atom stereocenters. The molecule has 0 spiro atoms. The van der Waals surface area contributed by atoms with Crippen LogP contribution >= 0.6 is 0 Å². The molecule has 31 heavy (non-hydrogen) atoms. The maximum atomic E-state index is 13.0. The molecule has 1 aliphatic heterocycles. The van der Waals surface area contributed by atoms with Gasteiger partial charge in [0.15, 0.2) is 0 Å². The monoisotopic (exact) mass is 441 g/mol. The van der Waals surface area contributed by atoms with Gasteiger partial charge in [-0.15, -0.1) is 0 Å². The number of hydrogen-bond acceptors (Lipinski definition) is 6. The summed E-state index contributed by atoms with van der Waals surface area (Å²) in [7, 11) is -1.59. The maximum Gasteiger partial charge on any atom is 0.243 e. The van der Waals surface area contributed by atoms with E-state index in [0.717, 1.165) is 22.6 Å². The van der Waals surface area contributed by atoms with Crippen LogP contribution in [0.5, 0.6) is 5.75 Å². The molecule has 3 heterocycles. The molecule has 0 saturated carbocycles. The Morgan fingerprint density at radius 1 is 1.03 bits per heavy atom. The van der Waals surface area contributed by atoms with Crippen molar-refractivity contribution in [2.24, 2.45) is 7.05 Å². The summed E-state index contributed by atoms with van der Waals surface area (Å²) in [5, 5.41) is 4.57. The minimum Gasteiger partial charge on any atom is -0.487 e. The van der Waals surface area contributed by atoms with Gasteiger partial charge in [-0.2, -0.15) is 9.40 Å². The normalized spacial score (nSPS) is 15.3. The van der Waals surface area contributed by atoms with Crippen molar-refractivity contribution in [1.29, 1.82) is 0 Å². The Morgan fingerprint density at radius 3 is 2.39 bits per heavy atom. The molecule has 0 aliphatic carbocycles. The third kappa shape index (κ3) is 4.42. The van der Waals surface area contributed by atoms with E-state index in [9.17, 15) is 8.42 Å². The average molecular weight is 442 g/mol. The molecule has 3 aromatic rings. The first-order chi connectivity index (χ1) is 14.9. The van der Waals surface area contributed by atoms with Crippen LogP contribution in [0.1, 0.15) is 16.8 Å². The third-order valence-electron chi connectivity index (χ3n) is 5.53. The zero-order valence-corrected chi connectivity index (χ0v) is 18.8. The van der Waals surface area contributed by atoms with Crippen molar-refractivity contribution in [3.8, 4) is 5.75 Å². The molecule has 1 fully saturated rings. The Hall–Kier alpha value is -2.91. The topological polar surface area (TPSA) is 80.6 Å². The Bertz CT molecular complexity index is 1140. The fraction of sp³-hybridized carbons (Fsp3) is 0.364. The molecule has 1 saturated heterocycles. The number of piperazine rings is 1. The average Bonchev–Trinajstić information content (AvgIpc) is 3.06. The summed E-state index contributed by atoms with van der Waals surface area (Å²) in [5.74, 6) is 1.67. The highest BCUT2D eigenvalue weighted by Gasteiger charge is 2.30. The van der Waals surface area contributed by atoms with Crippen molar-refractivity contribution in [1.82, 2.24) is 19.1 Å². The predicted molar refractivity (Wildman–Crippen MR) is 119 cm³/mol. The molecule has 164 valence electrons. The summed E-state index contributed by atoms with van der Waals surface area (Å²) in [6, 6.07) is 10.7. The first kappa shape index (κ1) is 21.3. The summed E-state index contributed by atoms with van der Waals surface area (Å²) in [5.41, 5.74) is 2.94. The van der Waals surface area contributed by atoms with Gasteiger partial charge in [0.1, 0.15) is 18.2 Å². The maximum absolute atomic E-state index is 13.0. The summed E-state index contributed by atoms with van der Waals surface area (Å²) in [4.78, 5) is 6.60. The van der Waals surface area contributed by atoms with E-state index in [1.54, 1.807) is 28.8 Å². The molecule has 0 bridgehead atoms. The van der Waals surface area contributed by atoms with Crippen LogP contribution < -0.4 is 9.64 Å². The molecule has 0 amide bonds. The van der Waals surface area contributed by atoms with Gasteiger partial charge in [-0.05, 0) is 38.1 Å². The minimum atomic E-state index is -3.49. The number of aromatic nitrogens is 3. The number of ether oxygens (including phenoxy) is 1. The van der Waals surface area contributed by atoms with Crippen LogP contribution in [0.2, 0.25) is 0 Å². The van der Waals surface area contributed by atoms with Gasteiger partial charge in [0, 0.05) is 39.4 Å². The van der Waals surface area contributed by atoms with Crippen LogP contribution in [-0.4, -0.2) is 53.7 Å². The number of hydrogen-bond donors (Lipinski definition) is 0. The lowest BCUT2D eigenvalue weighted by molar-refractivity contribution is 0.303. The van der Waals surface area contributed by atoms with Gasteiger partial charge in [0.25, 0.3) is 0 Å². The van der Waals surface area contributed by atoms with Crippen molar-refractivity contribution < 1.29 is 13.2 Å². The number of rotatable bonds is 6. The Labute approximate surface area is 183 Å². The molecule has 4 rings (SSSR count). The van der Waals surface area contributed by atoms with E-state index in [4.69, 9.17) is 4.74 Å². The number of anilines is 1. The fourth-order valence-electron chi connectivity index (χ4n) is 3.84. The highest BCUT2D eigenvalue weighted by Crippen LogP contribution is 2.27. The lowest BCUT2D eigenvalue weighted by Gasteiger charge is -2.35. The second-order valence-electron chi connectivity index (χ2n) is 7.69. The number of nitrogens with zero attached hydrogens (tertiary/aromatic N) is 5. The Balaban J connectivity index is 1.48. The van der Waals surface area contributed by atoms with Crippen molar-refractivity contribution >= 4 is 15.8 Å². The molecule has 1 aromatic carbocycles. The van der Waals surface area contributed by atoms with Crippen LogP contribution in [0, 0.1) is 13.8 Å². The van der Waals surface area contributed by atoms with Gasteiger partial charge in [-0.3, -0.25) is 9.67 Å². The zero-order valence-electron chi connectivity index (χ0n) is 18.0. The SMILES string of the molecule is Cc1ccc(S(=O)(=O)N2CCN(c3c(COc4cccnc4)c(C)nn3C)CC2)cc1. The Kier molecular flexibility index (Phi) is 5.97. The van der Waals surface area contributed by atoms with E-state index in [2.05, 4.69) is 15.0 Å². The molecule has 2 aromatic heterocycles. The van der Waals surface area contributed by atoms with E-state index < -0.39 is 10.0 Å². The van der Waals surface area contributed by atoms with Crippen LogP contribution in [0.25, 0.3) is 0 Å². The van der Waals surface area contributed by atoms with Gasteiger partial charge in [0.05, 0.1) is 22.3 Å². The summed E-state index contributed by atoms with van der Waals surface area (Å²) < 4.78 is 35.3. The standard InChI is InChI=1S/C22H27N5O3S/c1-17-6-8-20(9-7-17)31(28,29)27-13-11-26(12-14-27)22-21(18(2)24-25(22)3)16-30-19-5-4-10-23-15-19/h4-10,15H,11-14,16H2,1-3H3. The van der Waals surface area contributed by atoms with Gasteiger partial charge >= 0.3 is 0 Å². The number of aryl methyl sites for hydroxylation is 3. The van der Waals surface area contributed by atoms with E-state index in [0.29, 0.717) is 43.4 Å². The molecule has 1 aliphatic rings. The smallest absolute Gasteiger partial charge is 0.243 e. The quantitative estimate of drug-likeness (QED) is 0.585. The number of pyridine rings is 1. The molecule has 0 unspecified atom stereocenters. The largest absolute Gasteiger partial charge is 0.487 e. The van der Waals surface area contributed by atoms with Crippen LogP contribution in [0.3, 0.4) is 0 Å². The van der Waals surface area contributed by atoms with Crippen molar-refractivity contribution in [2.45, 2.75) is 25.3 Å². The van der Waals surface area contributed by atoms with Gasteiger partial charge in [-0.25, -0.2) is 8.42 Å². The molecule has 0 radical (unpaired) electrons. The Morgan fingerprint density at radius 2 is 1.74 bits per heavy atom. The first-order valence-electron chi connectivity index (χ1n) is 10.2. The van der Waals surface area contributed by atoms with Crippen LogP contribution in [-0.2, 0) is 23.7 Å². The highest BCUT2D eigenvalue weighted by atomic mass is 32.2. The van der Waals surface area contributed by atoms with E-state index >= 15 is 0 Å². The molecular weight excluding hydrogens is 414 g/mol. The molecule has 0 N–H and O–H groups in total. The third-order valence-corrected chi connectivity index (χ3v) is 7.44. The van der Waals surface area contributed by atoms with E-state index in [1.807, 2.05) is 49.8 Å². The predicted octanol–water partition coefficient (Wildman–Crippen LogP) is 2.52. The van der Waals surface area contributed by atoms with Gasteiger partial charge in [-0.1, -0.05) is 17.7 Å². The van der Waals surface area contributed by atoms with Gasteiger partial charge < -0.3 is 9.64 Å². The summed E-state index contributed by atoms with van der Waals surface area (Å²) in [6.45, 7) is 6.30. The van der Waals surface area contributed by atoms with Crippen molar-refractivity contribution in [3.63, 3.8) is 0 Å². The first-order valence-corrected chi connectivity index (χ1v) is 11.7. The number of sulfonamides is 1. The van der Waals surface area contributed by atoms with Crippen molar-refractivity contribution in [2.75, 3.05) is 31.1 Å². The lowest BCUT2D eigenvalue weighted by atomic mass is 10.2. The van der Waals surface area contributed by atoms with Crippen molar-refractivity contribution in [3.05, 3.63) is 65.6 Å². The molecular formula is C22H27N5O3S. The molecule has 9 heteroatoms. The second-order valence-corrected chi connectivity index (χ2v) is 9.63. The molecule has 8 nitrogen and oxygen atoms in total. The minimum absolute atomic E-state index is 0.341. The lowest BCUT2D eigenvalue weighted by Crippen LogP contribution is -2.49. The van der Waals surface area contributed by atoms with Gasteiger partial charge in [0.2, 0.25) is 10.0 Å². The van der Waals surface area contributed by atoms with E-state index in [-0.39, 0.29) is 0 Å². The fourth-order valence-corrected chi connectivity index (χ4v) is 5.26. The second kappa shape index (κ2) is 8.68. The summed E-state index contributed by atoms with van der Waals surface area (Å²) in [6.07, 6.45) is 3.39. The van der Waals surface area contributed by atoms with Crippen LogP contribution in [0.4, 0.5) is 5.82 Å². The summed E-state index contributed by atoms with van der Waals surface area (Å²) >= 11 is 0. The highest BCUT2D eigenvalue weighted by molar-refractivity contribution is 7.89. The zero-order chi connectivity index (χ0) is 22.0.